The molecular formula is C18H31N3O2. The van der Waals surface area contributed by atoms with Crippen LogP contribution in [0, 0.1) is 11.8 Å². The molecule has 0 spiro atoms. The number of hydrogen-bond acceptors (Lipinski definition) is 4. The van der Waals surface area contributed by atoms with Crippen molar-refractivity contribution in [3.05, 3.63) is 11.8 Å². The first-order valence-electron chi connectivity index (χ1n) is 9.00. The van der Waals surface area contributed by atoms with Crippen molar-refractivity contribution in [1.82, 2.24) is 15.1 Å². The number of likely N-dealkylation sites (tertiary alicyclic amines) is 1. The summed E-state index contributed by atoms with van der Waals surface area (Å²) in [6, 6.07) is 0.362. The molecule has 1 saturated heterocycles. The summed E-state index contributed by atoms with van der Waals surface area (Å²) in [4.78, 5) is 14.8. The quantitative estimate of drug-likeness (QED) is 0.827. The third kappa shape index (κ3) is 4.79. The number of hydrogen-bond donors (Lipinski definition) is 0. The first-order valence-corrected chi connectivity index (χ1v) is 9.00. The topological polar surface area (TPSA) is 59.2 Å². The molecule has 1 aliphatic heterocycles. The molecule has 0 saturated carbocycles. The molecule has 0 aliphatic carbocycles. The van der Waals surface area contributed by atoms with E-state index < -0.39 is 0 Å². The van der Waals surface area contributed by atoms with Gasteiger partial charge in [-0.2, -0.15) is 0 Å². The predicted molar refractivity (Wildman–Crippen MR) is 90.1 cm³/mol. The highest BCUT2D eigenvalue weighted by Gasteiger charge is 2.29. The second-order valence-corrected chi connectivity index (χ2v) is 7.56. The lowest BCUT2D eigenvalue weighted by atomic mass is 9.95. The number of aryl methyl sites for hydroxylation is 1. The molecule has 1 fully saturated rings. The van der Waals surface area contributed by atoms with Crippen molar-refractivity contribution in [2.45, 2.75) is 78.7 Å². The van der Waals surface area contributed by atoms with Gasteiger partial charge in [0.1, 0.15) is 0 Å². The van der Waals surface area contributed by atoms with E-state index in [9.17, 15) is 4.79 Å². The van der Waals surface area contributed by atoms with Gasteiger partial charge in [-0.05, 0) is 31.1 Å². The molecule has 1 aliphatic rings. The van der Waals surface area contributed by atoms with E-state index in [1.54, 1.807) is 0 Å². The van der Waals surface area contributed by atoms with E-state index >= 15 is 0 Å². The smallest absolute Gasteiger partial charge is 0.223 e. The van der Waals surface area contributed by atoms with Gasteiger partial charge in [-0.1, -0.05) is 34.6 Å². The molecular weight excluding hydrogens is 290 g/mol. The summed E-state index contributed by atoms with van der Waals surface area (Å²) in [6.07, 6.45) is 4.43. The van der Waals surface area contributed by atoms with Gasteiger partial charge in [0.05, 0.1) is 0 Å². The van der Waals surface area contributed by atoms with Gasteiger partial charge >= 0.3 is 0 Å². The van der Waals surface area contributed by atoms with Crippen LogP contribution in [0.3, 0.4) is 0 Å². The van der Waals surface area contributed by atoms with Gasteiger partial charge in [0.25, 0.3) is 0 Å². The average Bonchev–Trinajstić information content (AvgIpc) is 2.88. The van der Waals surface area contributed by atoms with Crippen LogP contribution in [0.25, 0.3) is 0 Å². The van der Waals surface area contributed by atoms with Crippen molar-refractivity contribution < 1.29 is 9.21 Å². The highest BCUT2D eigenvalue weighted by molar-refractivity contribution is 5.76. The standard InChI is InChI=1S/C18H31N3O2/c1-12(2)15-7-6-14(5)10-11-21(15)17(22)9-8-16-19-20-18(23-16)13(3)4/h12-15H,6-11H2,1-5H3/t14-,15+/m0/s1. The Hall–Kier alpha value is -1.39. The second kappa shape index (κ2) is 7.93. The van der Waals surface area contributed by atoms with Gasteiger partial charge in [0.15, 0.2) is 0 Å². The van der Waals surface area contributed by atoms with Gasteiger partial charge in [-0.25, -0.2) is 0 Å². The molecule has 1 aromatic rings. The SMILES string of the molecule is CC(C)c1nnc(CCC(=O)N2CC[C@@H](C)CC[C@@H]2C(C)C)o1. The Morgan fingerprint density at radius 2 is 1.96 bits per heavy atom. The molecule has 2 rings (SSSR count). The summed E-state index contributed by atoms with van der Waals surface area (Å²) in [7, 11) is 0. The average molecular weight is 321 g/mol. The molecule has 0 aromatic carbocycles. The molecule has 130 valence electrons. The van der Waals surface area contributed by atoms with E-state index in [4.69, 9.17) is 4.42 Å². The van der Waals surface area contributed by atoms with Crippen molar-refractivity contribution in [3.8, 4) is 0 Å². The van der Waals surface area contributed by atoms with Crippen LogP contribution in [0.1, 0.15) is 78.0 Å². The normalized spacial score (nSPS) is 22.7. The molecule has 0 bridgehead atoms. The molecule has 0 unspecified atom stereocenters. The van der Waals surface area contributed by atoms with Crippen LogP contribution in [-0.2, 0) is 11.2 Å². The maximum absolute atomic E-state index is 12.7. The Morgan fingerprint density at radius 1 is 1.22 bits per heavy atom. The number of amides is 1. The number of nitrogens with zero attached hydrogens (tertiary/aromatic N) is 3. The zero-order valence-electron chi connectivity index (χ0n) is 15.2. The van der Waals surface area contributed by atoms with Gasteiger partial charge in [0.2, 0.25) is 17.7 Å². The van der Waals surface area contributed by atoms with Crippen molar-refractivity contribution >= 4 is 5.91 Å². The van der Waals surface area contributed by atoms with Crippen LogP contribution < -0.4 is 0 Å². The summed E-state index contributed by atoms with van der Waals surface area (Å²) >= 11 is 0. The number of carbonyl (C=O) groups excluding carboxylic acids is 1. The van der Waals surface area contributed by atoms with Crippen LogP contribution in [0.2, 0.25) is 0 Å². The van der Waals surface area contributed by atoms with E-state index in [0.29, 0.717) is 42.5 Å². The maximum Gasteiger partial charge on any atom is 0.223 e. The van der Waals surface area contributed by atoms with Gasteiger partial charge in [0, 0.05) is 31.3 Å². The minimum absolute atomic E-state index is 0.224. The van der Waals surface area contributed by atoms with Crippen molar-refractivity contribution in [1.29, 1.82) is 0 Å². The third-order valence-electron chi connectivity index (χ3n) is 4.84. The largest absolute Gasteiger partial charge is 0.425 e. The van der Waals surface area contributed by atoms with E-state index in [1.807, 2.05) is 13.8 Å². The van der Waals surface area contributed by atoms with E-state index in [1.165, 1.54) is 6.42 Å². The number of aromatic nitrogens is 2. The minimum Gasteiger partial charge on any atom is -0.425 e. The van der Waals surface area contributed by atoms with Gasteiger partial charge in [-0.3, -0.25) is 4.79 Å². The predicted octanol–water partition coefficient (Wildman–Crippen LogP) is 3.80. The maximum atomic E-state index is 12.7. The van der Waals surface area contributed by atoms with Gasteiger partial charge in [-0.15, -0.1) is 10.2 Å². The Labute approximate surface area is 139 Å². The molecule has 5 heteroatoms. The minimum atomic E-state index is 0.224. The van der Waals surface area contributed by atoms with Crippen molar-refractivity contribution in [2.24, 2.45) is 11.8 Å². The fraction of sp³-hybridized carbons (Fsp3) is 0.833. The molecule has 2 heterocycles. The molecule has 1 aromatic heterocycles. The molecule has 5 nitrogen and oxygen atoms in total. The molecule has 23 heavy (non-hydrogen) atoms. The lowest BCUT2D eigenvalue weighted by Gasteiger charge is -2.33. The highest BCUT2D eigenvalue weighted by atomic mass is 16.4. The van der Waals surface area contributed by atoms with Crippen LogP contribution >= 0.6 is 0 Å². The number of rotatable bonds is 5. The molecule has 1 amide bonds. The van der Waals surface area contributed by atoms with Gasteiger partial charge < -0.3 is 9.32 Å². The zero-order valence-corrected chi connectivity index (χ0v) is 15.2. The first-order chi connectivity index (χ1) is 10.9. The summed E-state index contributed by atoms with van der Waals surface area (Å²) in [5, 5.41) is 8.08. The fourth-order valence-corrected chi connectivity index (χ4v) is 3.24. The van der Waals surface area contributed by atoms with Crippen molar-refractivity contribution in [2.75, 3.05) is 6.54 Å². The summed E-state index contributed by atoms with van der Waals surface area (Å²) in [5.74, 6) is 2.88. The zero-order chi connectivity index (χ0) is 17.0. The van der Waals surface area contributed by atoms with E-state index in [2.05, 4.69) is 35.9 Å². The Bertz CT molecular complexity index is 510. The fourth-order valence-electron chi connectivity index (χ4n) is 3.24. The third-order valence-corrected chi connectivity index (χ3v) is 4.84. The Kier molecular flexibility index (Phi) is 6.19. The Morgan fingerprint density at radius 3 is 2.57 bits per heavy atom. The number of carbonyl (C=O) groups is 1. The molecule has 0 N–H and O–H groups in total. The highest BCUT2D eigenvalue weighted by Crippen LogP contribution is 2.26. The van der Waals surface area contributed by atoms with Crippen LogP contribution in [0.4, 0.5) is 0 Å². The van der Waals surface area contributed by atoms with Crippen LogP contribution in [-0.4, -0.2) is 33.6 Å². The molecule has 2 atom stereocenters. The Balaban J connectivity index is 1.96. The summed E-state index contributed by atoms with van der Waals surface area (Å²) in [5.41, 5.74) is 0. The summed E-state index contributed by atoms with van der Waals surface area (Å²) in [6.45, 7) is 11.6. The first kappa shape index (κ1) is 18.0. The van der Waals surface area contributed by atoms with Crippen LogP contribution in [0.5, 0.6) is 0 Å². The van der Waals surface area contributed by atoms with E-state index in [-0.39, 0.29) is 11.8 Å². The monoisotopic (exact) mass is 321 g/mol. The lowest BCUT2D eigenvalue weighted by molar-refractivity contribution is -0.134. The van der Waals surface area contributed by atoms with Crippen LogP contribution in [0.15, 0.2) is 4.42 Å². The van der Waals surface area contributed by atoms with Crippen molar-refractivity contribution in [3.63, 3.8) is 0 Å². The molecule has 0 radical (unpaired) electrons. The second-order valence-electron chi connectivity index (χ2n) is 7.56. The summed E-state index contributed by atoms with van der Waals surface area (Å²) < 4.78 is 5.61. The van der Waals surface area contributed by atoms with E-state index in [0.717, 1.165) is 19.4 Å². The lowest BCUT2D eigenvalue weighted by Crippen LogP contribution is -2.43.